The number of carboxylic acid groups (broad SMARTS) is 1. The summed E-state index contributed by atoms with van der Waals surface area (Å²) < 4.78 is 24.4. The van der Waals surface area contributed by atoms with Gasteiger partial charge in [-0.15, -0.1) is 0 Å². The van der Waals surface area contributed by atoms with Gasteiger partial charge >= 0.3 is 5.97 Å². The maximum atomic E-state index is 12.2. The van der Waals surface area contributed by atoms with E-state index in [-0.39, 0.29) is 21.4 Å². The Morgan fingerprint density at radius 2 is 2.00 bits per heavy atom. The van der Waals surface area contributed by atoms with Crippen molar-refractivity contribution in [2.24, 2.45) is 0 Å². The van der Waals surface area contributed by atoms with E-state index in [1.807, 2.05) is 0 Å². The van der Waals surface area contributed by atoms with Gasteiger partial charge in [-0.3, -0.25) is 4.79 Å². The highest BCUT2D eigenvalue weighted by molar-refractivity contribution is 7.93. The zero-order valence-corrected chi connectivity index (χ0v) is 11.9. The van der Waals surface area contributed by atoms with E-state index in [1.54, 1.807) is 6.92 Å². The number of hydrogen-bond donors (Lipinski definition) is 1. The van der Waals surface area contributed by atoms with Crippen molar-refractivity contribution >= 4 is 39.0 Å². The summed E-state index contributed by atoms with van der Waals surface area (Å²) in [5, 5.41) is 7.67. The molecule has 7 heteroatoms. The van der Waals surface area contributed by atoms with Gasteiger partial charge in [0, 0.05) is 5.02 Å². The number of hydrogen-bond acceptors (Lipinski definition) is 3. The number of halogens is 2. The third kappa shape index (κ3) is 3.16. The molecule has 0 amide bonds. The molecule has 0 aliphatic rings. The molecule has 1 aromatic carbocycles. The molecule has 1 unspecified atom stereocenters. The van der Waals surface area contributed by atoms with Gasteiger partial charge in [-0.05, 0) is 24.6 Å². The molecule has 0 saturated carbocycles. The number of carbonyl (C=O) groups is 1. The number of carboxylic acids is 1. The Kier molecular flexibility index (Phi) is 5.01. The van der Waals surface area contributed by atoms with Gasteiger partial charge in [0.25, 0.3) is 0 Å². The summed E-state index contributed by atoms with van der Waals surface area (Å²) in [6, 6.07) is 3.95. The van der Waals surface area contributed by atoms with E-state index in [1.165, 1.54) is 18.2 Å². The van der Waals surface area contributed by atoms with Crippen molar-refractivity contribution in [3.8, 4) is 0 Å². The lowest BCUT2D eigenvalue weighted by Gasteiger charge is -2.14. The van der Waals surface area contributed by atoms with Crippen molar-refractivity contribution in [1.82, 2.24) is 0 Å². The molecule has 0 saturated heterocycles. The second-order valence-corrected chi connectivity index (χ2v) is 6.68. The molecule has 0 radical (unpaired) electrons. The highest BCUT2D eigenvalue weighted by atomic mass is 35.5. The SMILES string of the molecule is CCCC(C(=O)O)S(=O)(=O)c1cc(Cl)ccc1Cl. The first-order valence-corrected chi connectivity index (χ1v) is 7.52. The van der Waals surface area contributed by atoms with Crippen LogP contribution in [-0.4, -0.2) is 24.7 Å². The number of aliphatic carboxylic acids is 1. The van der Waals surface area contributed by atoms with Crippen LogP contribution in [0.25, 0.3) is 0 Å². The van der Waals surface area contributed by atoms with Crippen LogP contribution in [-0.2, 0) is 14.6 Å². The van der Waals surface area contributed by atoms with E-state index < -0.39 is 21.1 Å². The van der Waals surface area contributed by atoms with Crippen molar-refractivity contribution in [1.29, 1.82) is 0 Å². The molecule has 100 valence electrons. The van der Waals surface area contributed by atoms with Gasteiger partial charge in [0.1, 0.15) is 0 Å². The Balaban J connectivity index is 3.35. The van der Waals surface area contributed by atoms with Crippen LogP contribution in [0.15, 0.2) is 23.1 Å². The minimum absolute atomic E-state index is 0.0262. The fourth-order valence-corrected chi connectivity index (χ4v) is 3.95. The maximum Gasteiger partial charge on any atom is 0.322 e. The summed E-state index contributed by atoms with van der Waals surface area (Å²) in [4.78, 5) is 10.8. The lowest BCUT2D eigenvalue weighted by Crippen LogP contribution is -2.30. The summed E-state index contributed by atoms with van der Waals surface area (Å²) in [6.07, 6.45) is 0.467. The van der Waals surface area contributed by atoms with Crippen molar-refractivity contribution < 1.29 is 18.3 Å². The molecule has 0 aliphatic heterocycles. The Morgan fingerprint density at radius 3 is 2.50 bits per heavy atom. The minimum Gasteiger partial charge on any atom is -0.480 e. The summed E-state index contributed by atoms with van der Waals surface area (Å²) in [5.74, 6) is -1.38. The fraction of sp³-hybridized carbons (Fsp3) is 0.364. The second kappa shape index (κ2) is 5.91. The molecular formula is C11H12Cl2O4S. The summed E-state index contributed by atoms with van der Waals surface area (Å²) >= 11 is 11.5. The molecule has 1 N–H and O–H groups in total. The first-order chi connectivity index (χ1) is 8.30. The molecule has 1 rings (SSSR count). The van der Waals surface area contributed by atoms with Crippen LogP contribution in [0, 0.1) is 0 Å². The zero-order chi connectivity index (χ0) is 13.9. The molecular weight excluding hydrogens is 299 g/mol. The first kappa shape index (κ1) is 15.3. The van der Waals surface area contributed by atoms with Gasteiger partial charge < -0.3 is 5.11 Å². The van der Waals surface area contributed by atoms with E-state index >= 15 is 0 Å². The standard InChI is InChI=1S/C11H12Cl2O4S/c1-2-3-9(11(14)15)18(16,17)10-6-7(12)4-5-8(10)13/h4-6,9H,2-3H2,1H3,(H,14,15). The van der Waals surface area contributed by atoms with Crippen molar-refractivity contribution in [2.45, 2.75) is 29.9 Å². The summed E-state index contributed by atoms with van der Waals surface area (Å²) in [5.41, 5.74) is 0. The average Bonchev–Trinajstić information content (AvgIpc) is 2.28. The normalized spacial score (nSPS) is 13.3. The Labute approximate surface area is 115 Å². The van der Waals surface area contributed by atoms with Gasteiger partial charge in [-0.2, -0.15) is 0 Å². The molecule has 18 heavy (non-hydrogen) atoms. The number of sulfone groups is 1. The van der Waals surface area contributed by atoms with E-state index in [0.29, 0.717) is 6.42 Å². The Morgan fingerprint density at radius 1 is 1.39 bits per heavy atom. The first-order valence-electron chi connectivity index (χ1n) is 5.22. The Bertz CT molecular complexity index is 554. The van der Waals surface area contributed by atoms with Crippen molar-refractivity contribution in [3.05, 3.63) is 28.2 Å². The Hall–Kier alpha value is -0.780. The molecule has 0 fully saturated rings. The van der Waals surface area contributed by atoms with Crippen LogP contribution in [0.1, 0.15) is 19.8 Å². The van der Waals surface area contributed by atoms with Crippen LogP contribution in [0.2, 0.25) is 10.0 Å². The second-order valence-electron chi connectivity index (χ2n) is 3.74. The molecule has 0 bridgehead atoms. The van der Waals surface area contributed by atoms with Gasteiger partial charge in [0.2, 0.25) is 0 Å². The predicted molar refractivity (Wildman–Crippen MR) is 70.0 cm³/mol. The predicted octanol–water partition coefficient (Wildman–Crippen LogP) is 3.02. The van der Waals surface area contributed by atoms with Crippen LogP contribution in [0.4, 0.5) is 0 Å². The fourth-order valence-electron chi connectivity index (χ4n) is 1.52. The molecule has 1 aromatic rings. The van der Waals surface area contributed by atoms with Gasteiger partial charge in [-0.1, -0.05) is 36.5 Å². The molecule has 0 aliphatic carbocycles. The van der Waals surface area contributed by atoms with Crippen molar-refractivity contribution in [2.75, 3.05) is 0 Å². The van der Waals surface area contributed by atoms with Gasteiger partial charge in [-0.25, -0.2) is 8.42 Å². The van der Waals surface area contributed by atoms with Gasteiger partial charge in [0.05, 0.1) is 9.92 Å². The summed E-state index contributed by atoms with van der Waals surface area (Å²) in [7, 11) is -4.03. The van der Waals surface area contributed by atoms with Crippen LogP contribution >= 0.6 is 23.2 Å². The topological polar surface area (TPSA) is 71.4 Å². The molecule has 0 aromatic heterocycles. The van der Waals surface area contributed by atoms with Crippen molar-refractivity contribution in [3.63, 3.8) is 0 Å². The third-order valence-electron chi connectivity index (χ3n) is 2.40. The van der Waals surface area contributed by atoms with Gasteiger partial charge in [0.15, 0.2) is 15.1 Å². The molecule has 4 nitrogen and oxygen atoms in total. The molecule has 1 atom stereocenters. The minimum atomic E-state index is -4.03. The number of benzene rings is 1. The zero-order valence-electron chi connectivity index (χ0n) is 9.56. The highest BCUT2D eigenvalue weighted by Crippen LogP contribution is 2.29. The monoisotopic (exact) mass is 310 g/mol. The lowest BCUT2D eigenvalue weighted by atomic mass is 10.2. The van der Waals surface area contributed by atoms with E-state index in [2.05, 4.69) is 0 Å². The van der Waals surface area contributed by atoms with Crippen LogP contribution < -0.4 is 0 Å². The van der Waals surface area contributed by atoms with E-state index in [4.69, 9.17) is 28.3 Å². The highest BCUT2D eigenvalue weighted by Gasteiger charge is 2.34. The number of rotatable bonds is 5. The average molecular weight is 311 g/mol. The smallest absolute Gasteiger partial charge is 0.322 e. The molecule has 0 spiro atoms. The van der Waals surface area contributed by atoms with E-state index in [0.717, 1.165) is 0 Å². The summed E-state index contributed by atoms with van der Waals surface area (Å²) in [6.45, 7) is 1.71. The lowest BCUT2D eigenvalue weighted by molar-refractivity contribution is -0.136. The van der Waals surface area contributed by atoms with Crippen LogP contribution in [0.5, 0.6) is 0 Å². The van der Waals surface area contributed by atoms with E-state index in [9.17, 15) is 13.2 Å². The largest absolute Gasteiger partial charge is 0.480 e. The van der Waals surface area contributed by atoms with Crippen LogP contribution in [0.3, 0.4) is 0 Å². The quantitative estimate of drug-likeness (QED) is 0.907. The third-order valence-corrected chi connectivity index (χ3v) is 5.21. The maximum absolute atomic E-state index is 12.2. The molecule has 0 heterocycles.